The predicted octanol–water partition coefficient (Wildman–Crippen LogP) is 1.78. The molecule has 82 valence electrons. The highest BCUT2D eigenvalue weighted by Gasteiger charge is 2.04. The number of hydrogen-bond acceptors (Lipinski definition) is 4. The number of ether oxygens (including phenoxy) is 2. The van der Waals surface area contributed by atoms with E-state index in [9.17, 15) is 0 Å². The fraction of sp³-hybridized carbons (Fsp3) is 0.364. The lowest BCUT2D eigenvalue weighted by Gasteiger charge is -2.10. The lowest BCUT2D eigenvalue weighted by atomic mass is 10.2. The summed E-state index contributed by atoms with van der Waals surface area (Å²) in [4.78, 5) is 0. The third kappa shape index (κ3) is 3.16. The molecule has 4 heteroatoms. The highest BCUT2D eigenvalue weighted by molar-refractivity contribution is 5.80. The van der Waals surface area contributed by atoms with Crippen LogP contribution in [0.1, 0.15) is 18.9 Å². The second-order valence-electron chi connectivity index (χ2n) is 3.04. The van der Waals surface area contributed by atoms with Crippen molar-refractivity contribution in [3.05, 3.63) is 23.8 Å². The number of nitrogens with two attached hydrogens (primary N) is 1. The van der Waals surface area contributed by atoms with Crippen molar-refractivity contribution in [2.45, 2.75) is 13.3 Å². The Bertz CT molecular complexity index is 337. The molecule has 0 atom stereocenters. The molecule has 0 aliphatic heterocycles. The Morgan fingerprint density at radius 3 is 2.80 bits per heavy atom. The standard InChI is InChI=1S/C11H16N2O2/c1-3-6-15-11-7-9(8-13-12)4-5-10(11)14-2/h4-5,7-8H,3,6,12H2,1-2H3. The largest absolute Gasteiger partial charge is 0.493 e. The molecular formula is C11H16N2O2. The first-order valence-electron chi connectivity index (χ1n) is 4.86. The van der Waals surface area contributed by atoms with Crippen molar-refractivity contribution in [1.82, 2.24) is 0 Å². The molecule has 1 aromatic carbocycles. The van der Waals surface area contributed by atoms with Crippen LogP contribution in [0, 0.1) is 0 Å². The van der Waals surface area contributed by atoms with E-state index in [4.69, 9.17) is 15.3 Å². The third-order valence-corrected chi connectivity index (χ3v) is 1.87. The van der Waals surface area contributed by atoms with E-state index in [1.165, 1.54) is 0 Å². The van der Waals surface area contributed by atoms with E-state index in [0.29, 0.717) is 6.61 Å². The molecule has 0 spiro atoms. The Morgan fingerprint density at radius 2 is 2.20 bits per heavy atom. The second-order valence-corrected chi connectivity index (χ2v) is 3.04. The molecule has 0 amide bonds. The number of hydrogen-bond donors (Lipinski definition) is 1. The lowest BCUT2D eigenvalue weighted by molar-refractivity contribution is 0.294. The zero-order valence-electron chi connectivity index (χ0n) is 9.06. The molecule has 1 rings (SSSR count). The minimum absolute atomic E-state index is 0.666. The van der Waals surface area contributed by atoms with Crippen LogP contribution in [0.5, 0.6) is 11.5 Å². The maximum Gasteiger partial charge on any atom is 0.161 e. The Morgan fingerprint density at radius 1 is 1.40 bits per heavy atom. The Labute approximate surface area is 89.7 Å². The molecule has 0 radical (unpaired) electrons. The minimum atomic E-state index is 0.666. The molecule has 0 bridgehead atoms. The second kappa shape index (κ2) is 5.90. The van der Waals surface area contributed by atoms with Crippen LogP contribution in [0.25, 0.3) is 0 Å². The molecule has 0 aliphatic carbocycles. The van der Waals surface area contributed by atoms with Gasteiger partial charge < -0.3 is 15.3 Å². The molecule has 0 aliphatic rings. The van der Waals surface area contributed by atoms with Crippen molar-refractivity contribution in [1.29, 1.82) is 0 Å². The van der Waals surface area contributed by atoms with Crippen LogP contribution < -0.4 is 15.3 Å². The first-order valence-corrected chi connectivity index (χ1v) is 4.86. The van der Waals surface area contributed by atoms with Crippen LogP contribution in [-0.4, -0.2) is 19.9 Å². The van der Waals surface area contributed by atoms with Gasteiger partial charge in [-0.15, -0.1) is 0 Å². The maximum atomic E-state index is 5.54. The zero-order valence-corrected chi connectivity index (χ0v) is 9.06. The average molecular weight is 208 g/mol. The zero-order chi connectivity index (χ0) is 11.1. The van der Waals surface area contributed by atoms with Gasteiger partial charge in [-0.2, -0.15) is 5.10 Å². The number of nitrogens with zero attached hydrogens (tertiary/aromatic N) is 1. The molecule has 0 fully saturated rings. The van der Waals surface area contributed by atoms with Crippen LogP contribution >= 0.6 is 0 Å². The Kier molecular flexibility index (Phi) is 4.47. The molecule has 1 aromatic rings. The van der Waals surface area contributed by atoms with Crippen molar-refractivity contribution >= 4 is 6.21 Å². The highest BCUT2D eigenvalue weighted by Crippen LogP contribution is 2.27. The molecule has 0 saturated carbocycles. The summed E-state index contributed by atoms with van der Waals surface area (Å²) in [5.74, 6) is 6.52. The SMILES string of the molecule is CCCOc1cc(C=NN)ccc1OC. The van der Waals surface area contributed by atoms with Gasteiger partial charge in [0.15, 0.2) is 11.5 Å². The molecule has 0 unspecified atom stereocenters. The Hall–Kier alpha value is -1.71. The Balaban J connectivity index is 2.91. The van der Waals surface area contributed by atoms with Crippen LogP contribution in [0.4, 0.5) is 0 Å². The first kappa shape index (κ1) is 11.4. The molecule has 0 saturated heterocycles. The van der Waals surface area contributed by atoms with E-state index < -0.39 is 0 Å². The summed E-state index contributed by atoms with van der Waals surface area (Å²) in [6.45, 7) is 2.72. The van der Waals surface area contributed by atoms with Crippen molar-refractivity contribution in [3.63, 3.8) is 0 Å². The summed E-state index contributed by atoms with van der Waals surface area (Å²) in [7, 11) is 1.62. The maximum absolute atomic E-state index is 5.54. The van der Waals surface area contributed by atoms with Gasteiger partial charge in [0.2, 0.25) is 0 Å². The summed E-state index contributed by atoms with van der Waals surface area (Å²) in [5, 5.41) is 3.46. The number of hydrazone groups is 1. The topological polar surface area (TPSA) is 56.8 Å². The highest BCUT2D eigenvalue weighted by atomic mass is 16.5. The van der Waals surface area contributed by atoms with Gasteiger partial charge in [-0.1, -0.05) is 6.92 Å². The smallest absolute Gasteiger partial charge is 0.161 e. The average Bonchev–Trinajstić information content (AvgIpc) is 2.27. The molecule has 0 heterocycles. The molecule has 4 nitrogen and oxygen atoms in total. The molecule has 2 N–H and O–H groups in total. The van der Waals surface area contributed by atoms with Crippen molar-refractivity contribution < 1.29 is 9.47 Å². The third-order valence-electron chi connectivity index (χ3n) is 1.87. The molecule has 15 heavy (non-hydrogen) atoms. The summed E-state index contributed by atoms with van der Waals surface area (Å²) >= 11 is 0. The number of benzene rings is 1. The van der Waals surface area contributed by atoms with E-state index in [1.54, 1.807) is 13.3 Å². The van der Waals surface area contributed by atoms with E-state index in [0.717, 1.165) is 23.5 Å². The van der Waals surface area contributed by atoms with Gasteiger partial charge in [-0.3, -0.25) is 0 Å². The fourth-order valence-corrected chi connectivity index (χ4v) is 1.18. The summed E-state index contributed by atoms with van der Waals surface area (Å²) < 4.78 is 10.7. The quantitative estimate of drug-likeness (QED) is 0.456. The molecular weight excluding hydrogens is 192 g/mol. The summed E-state index contributed by atoms with van der Waals surface area (Å²) in [6.07, 6.45) is 2.52. The van der Waals surface area contributed by atoms with E-state index >= 15 is 0 Å². The normalized spacial score (nSPS) is 10.5. The van der Waals surface area contributed by atoms with Gasteiger partial charge in [-0.25, -0.2) is 0 Å². The van der Waals surface area contributed by atoms with E-state index in [-0.39, 0.29) is 0 Å². The van der Waals surface area contributed by atoms with Gasteiger partial charge in [0.1, 0.15) is 0 Å². The van der Waals surface area contributed by atoms with Gasteiger partial charge in [0, 0.05) is 0 Å². The van der Waals surface area contributed by atoms with Crippen LogP contribution in [0.3, 0.4) is 0 Å². The monoisotopic (exact) mass is 208 g/mol. The van der Waals surface area contributed by atoms with Gasteiger partial charge in [-0.05, 0) is 30.2 Å². The number of rotatable bonds is 5. The lowest BCUT2D eigenvalue weighted by Crippen LogP contribution is -1.98. The number of methoxy groups -OCH3 is 1. The van der Waals surface area contributed by atoms with Crippen molar-refractivity contribution in [3.8, 4) is 11.5 Å². The minimum Gasteiger partial charge on any atom is -0.493 e. The first-order chi connectivity index (χ1) is 7.31. The fourth-order valence-electron chi connectivity index (χ4n) is 1.18. The van der Waals surface area contributed by atoms with Crippen molar-refractivity contribution in [2.24, 2.45) is 10.9 Å². The predicted molar refractivity (Wildman–Crippen MR) is 60.6 cm³/mol. The van der Waals surface area contributed by atoms with Crippen molar-refractivity contribution in [2.75, 3.05) is 13.7 Å². The van der Waals surface area contributed by atoms with E-state index in [1.807, 2.05) is 18.2 Å². The van der Waals surface area contributed by atoms with E-state index in [2.05, 4.69) is 12.0 Å². The molecule has 0 aromatic heterocycles. The van der Waals surface area contributed by atoms with Gasteiger partial charge >= 0.3 is 0 Å². The van der Waals surface area contributed by atoms with Crippen LogP contribution in [0.2, 0.25) is 0 Å². The van der Waals surface area contributed by atoms with Gasteiger partial charge in [0.05, 0.1) is 19.9 Å². The summed E-state index contributed by atoms with van der Waals surface area (Å²) in [5.41, 5.74) is 0.893. The van der Waals surface area contributed by atoms with Crippen LogP contribution in [0.15, 0.2) is 23.3 Å². The summed E-state index contributed by atoms with van der Waals surface area (Å²) in [6, 6.07) is 5.56. The van der Waals surface area contributed by atoms with Crippen LogP contribution in [-0.2, 0) is 0 Å². The van der Waals surface area contributed by atoms with Gasteiger partial charge in [0.25, 0.3) is 0 Å².